The van der Waals surface area contributed by atoms with Gasteiger partial charge in [-0.1, -0.05) is 0 Å². The van der Waals surface area contributed by atoms with E-state index in [0.29, 0.717) is 5.75 Å². The highest BCUT2D eigenvalue weighted by Crippen LogP contribution is 2.33. The lowest BCUT2D eigenvalue weighted by Gasteiger charge is -2.09. The van der Waals surface area contributed by atoms with Crippen molar-refractivity contribution in [3.8, 4) is 11.5 Å². The van der Waals surface area contributed by atoms with Crippen LogP contribution in [-0.2, 0) is 12.8 Å². The van der Waals surface area contributed by atoms with Gasteiger partial charge in [0.15, 0.2) is 11.5 Å². The monoisotopic (exact) mass is 353 g/mol. The van der Waals surface area contributed by atoms with Crippen LogP contribution >= 0.6 is 11.3 Å². The molecule has 1 aliphatic heterocycles. The van der Waals surface area contributed by atoms with Crippen LogP contribution in [0.4, 0.5) is 0 Å². The van der Waals surface area contributed by atoms with Crippen molar-refractivity contribution >= 4 is 27.8 Å². The van der Waals surface area contributed by atoms with Crippen LogP contribution in [0.25, 0.3) is 10.2 Å². The molecule has 3 aromatic rings. The van der Waals surface area contributed by atoms with E-state index in [4.69, 9.17) is 9.47 Å². The zero-order chi connectivity index (χ0) is 16.8. The number of hydrogen-bond acceptors (Lipinski definition) is 6. The summed E-state index contributed by atoms with van der Waals surface area (Å²) in [5.74, 6) is 1.42. The van der Waals surface area contributed by atoms with E-state index in [0.717, 1.165) is 40.8 Å². The minimum absolute atomic E-state index is 0.0959. The molecule has 6 nitrogen and oxygen atoms in total. The number of thiophene rings is 1. The second kappa shape index (κ2) is 5.70. The van der Waals surface area contributed by atoms with Crippen LogP contribution in [-0.4, -0.2) is 22.7 Å². The van der Waals surface area contributed by atoms with E-state index in [1.807, 2.05) is 18.2 Å². The minimum Gasteiger partial charge on any atom is -0.454 e. The van der Waals surface area contributed by atoms with Crippen LogP contribution in [0, 0.1) is 0 Å². The van der Waals surface area contributed by atoms with Gasteiger partial charge in [-0.2, -0.15) is 9.78 Å². The van der Waals surface area contributed by atoms with E-state index in [-0.39, 0.29) is 12.4 Å². The number of aryl methyl sites for hydroxylation is 2. The van der Waals surface area contributed by atoms with E-state index in [9.17, 15) is 4.79 Å². The van der Waals surface area contributed by atoms with Crippen LogP contribution in [0.3, 0.4) is 0 Å². The number of rotatable bonds is 2. The minimum atomic E-state index is -0.0959. The lowest BCUT2D eigenvalue weighted by molar-refractivity contribution is 0.174. The third kappa shape index (κ3) is 2.42. The van der Waals surface area contributed by atoms with E-state index >= 15 is 0 Å². The summed E-state index contributed by atoms with van der Waals surface area (Å²) in [7, 11) is 0. The zero-order valence-electron chi connectivity index (χ0n) is 13.4. The first-order valence-corrected chi connectivity index (χ1v) is 9.07. The average Bonchev–Trinajstić information content (AvgIpc) is 3.25. The predicted molar refractivity (Wildman–Crippen MR) is 96.1 cm³/mol. The van der Waals surface area contributed by atoms with Gasteiger partial charge < -0.3 is 9.47 Å². The fourth-order valence-corrected chi connectivity index (χ4v) is 4.56. The summed E-state index contributed by atoms with van der Waals surface area (Å²) in [6, 6.07) is 5.55. The van der Waals surface area contributed by atoms with E-state index in [2.05, 4.69) is 10.1 Å². The van der Waals surface area contributed by atoms with Gasteiger partial charge in [0.05, 0.1) is 11.6 Å². The summed E-state index contributed by atoms with van der Waals surface area (Å²) in [6.07, 6.45) is 7.47. The van der Waals surface area contributed by atoms with Crippen molar-refractivity contribution in [2.24, 2.45) is 5.10 Å². The molecule has 3 heterocycles. The lowest BCUT2D eigenvalue weighted by Crippen LogP contribution is -2.18. The van der Waals surface area contributed by atoms with Gasteiger partial charge in [-0.05, 0) is 55.0 Å². The summed E-state index contributed by atoms with van der Waals surface area (Å²) in [5, 5.41) is 5.05. The largest absolute Gasteiger partial charge is 0.454 e. The molecule has 0 saturated heterocycles. The Morgan fingerprint density at radius 2 is 2.08 bits per heavy atom. The molecule has 0 fully saturated rings. The van der Waals surface area contributed by atoms with Gasteiger partial charge in [-0.25, -0.2) is 4.98 Å². The highest BCUT2D eigenvalue weighted by molar-refractivity contribution is 7.18. The molecular weight excluding hydrogens is 338 g/mol. The quantitative estimate of drug-likeness (QED) is 0.665. The molecule has 1 aromatic carbocycles. The Bertz CT molecular complexity index is 1070. The van der Waals surface area contributed by atoms with Gasteiger partial charge in [0.1, 0.15) is 11.2 Å². The average molecular weight is 353 g/mol. The number of ether oxygens (including phenoxy) is 2. The molecule has 7 heteroatoms. The Labute approximate surface area is 147 Å². The van der Waals surface area contributed by atoms with Crippen LogP contribution in [0.15, 0.2) is 34.4 Å². The van der Waals surface area contributed by atoms with Crippen molar-refractivity contribution in [1.82, 2.24) is 9.66 Å². The molecule has 5 rings (SSSR count). The number of hydrogen-bond donors (Lipinski definition) is 0. The van der Waals surface area contributed by atoms with Gasteiger partial charge in [0, 0.05) is 4.88 Å². The second-order valence-electron chi connectivity index (χ2n) is 6.14. The van der Waals surface area contributed by atoms with Crippen molar-refractivity contribution in [3.05, 3.63) is 50.9 Å². The van der Waals surface area contributed by atoms with Gasteiger partial charge in [0.2, 0.25) is 6.79 Å². The summed E-state index contributed by atoms with van der Waals surface area (Å²) in [6.45, 7) is 0.235. The third-order valence-corrected chi connectivity index (χ3v) is 5.79. The SMILES string of the molecule is O=c1c2c3c(sc2ncn1/N=C/c1ccc2c(c1)OCO2)CCCC3. The number of benzene rings is 1. The van der Waals surface area contributed by atoms with Crippen molar-refractivity contribution in [3.63, 3.8) is 0 Å². The Hall–Kier alpha value is -2.67. The molecule has 0 amide bonds. The summed E-state index contributed by atoms with van der Waals surface area (Å²) in [4.78, 5) is 19.4. The maximum absolute atomic E-state index is 12.8. The maximum atomic E-state index is 12.8. The predicted octanol–water partition coefficient (Wildman–Crippen LogP) is 2.95. The third-order valence-electron chi connectivity index (χ3n) is 4.59. The summed E-state index contributed by atoms with van der Waals surface area (Å²) < 4.78 is 12.0. The van der Waals surface area contributed by atoms with Crippen molar-refractivity contribution in [2.75, 3.05) is 6.79 Å². The highest BCUT2D eigenvalue weighted by Gasteiger charge is 2.20. The van der Waals surface area contributed by atoms with E-state index in [1.165, 1.54) is 27.9 Å². The van der Waals surface area contributed by atoms with Gasteiger partial charge >= 0.3 is 0 Å². The Kier molecular flexibility index (Phi) is 3.34. The molecule has 0 radical (unpaired) electrons. The number of fused-ring (bicyclic) bond motifs is 4. The zero-order valence-corrected chi connectivity index (χ0v) is 14.2. The second-order valence-corrected chi connectivity index (χ2v) is 7.23. The normalized spacial score (nSPS) is 15.8. The van der Waals surface area contributed by atoms with Crippen LogP contribution in [0.2, 0.25) is 0 Å². The van der Waals surface area contributed by atoms with Gasteiger partial charge in [-0.3, -0.25) is 4.79 Å². The van der Waals surface area contributed by atoms with E-state index in [1.54, 1.807) is 17.6 Å². The summed E-state index contributed by atoms with van der Waals surface area (Å²) in [5.41, 5.74) is 1.92. The maximum Gasteiger partial charge on any atom is 0.282 e. The lowest BCUT2D eigenvalue weighted by atomic mass is 9.97. The molecular formula is C18H15N3O3S. The molecule has 0 bridgehead atoms. The number of nitrogens with zero attached hydrogens (tertiary/aromatic N) is 3. The van der Waals surface area contributed by atoms with Crippen molar-refractivity contribution in [1.29, 1.82) is 0 Å². The highest BCUT2D eigenvalue weighted by atomic mass is 32.1. The van der Waals surface area contributed by atoms with Crippen molar-refractivity contribution in [2.45, 2.75) is 25.7 Å². The van der Waals surface area contributed by atoms with Crippen molar-refractivity contribution < 1.29 is 9.47 Å². The molecule has 2 aromatic heterocycles. The van der Waals surface area contributed by atoms with Crippen LogP contribution in [0.1, 0.15) is 28.8 Å². The molecule has 126 valence electrons. The number of aromatic nitrogens is 2. The Morgan fingerprint density at radius 1 is 1.20 bits per heavy atom. The van der Waals surface area contributed by atoms with Gasteiger partial charge in [0.25, 0.3) is 5.56 Å². The molecule has 0 saturated carbocycles. The molecule has 0 unspecified atom stereocenters. The topological polar surface area (TPSA) is 65.7 Å². The Balaban J connectivity index is 1.54. The standard InChI is InChI=1S/C18H15N3O3S/c22-18-16-12-3-1-2-4-15(12)25-17(16)19-9-21(18)20-8-11-5-6-13-14(7-11)24-10-23-13/h5-9H,1-4,10H2/b20-8+. The van der Waals surface area contributed by atoms with Crippen LogP contribution in [0.5, 0.6) is 11.5 Å². The fraction of sp³-hybridized carbons (Fsp3) is 0.278. The summed E-state index contributed by atoms with van der Waals surface area (Å²) >= 11 is 1.64. The van der Waals surface area contributed by atoms with Gasteiger partial charge in [-0.15, -0.1) is 11.3 Å². The molecule has 25 heavy (non-hydrogen) atoms. The fourth-order valence-electron chi connectivity index (χ4n) is 3.34. The van der Waals surface area contributed by atoms with Crippen LogP contribution < -0.4 is 15.0 Å². The first-order chi connectivity index (χ1) is 12.3. The molecule has 0 spiro atoms. The Morgan fingerprint density at radius 3 is 3.04 bits per heavy atom. The smallest absolute Gasteiger partial charge is 0.282 e. The molecule has 2 aliphatic rings. The first kappa shape index (κ1) is 14.7. The first-order valence-electron chi connectivity index (χ1n) is 8.25. The molecule has 1 aliphatic carbocycles. The molecule has 0 N–H and O–H groups in total. The van der Waals surface area contributed by atoms with E-state index < -0.39 is 0 Å². The molecule has 0 atom stereocenters.